The van der Waals surface area contributed by atoms with Crippen LogP contribution < -0.4 is 0 Å². The van der Waals surface area contributed by atoms with Gasteiger partial charge in [0.1, 0.15) is 0 Å². The number of unbranched alkanes of at least 4 members (excludes halogenated alkanes) is 2. The first-order valence-corrected chi connectivity index (χ1v) is 4.31. The first-order valence-electron chi connectivity index (χ1n) is 4.31. The van der Waals surface area contributed by atoms with Crippen LogP contribution in [0.25, 0.3) is 0 Å². The summed E-state index contributed by atoms with van der Waals surface area (Å²) in [5, 5.41) is 2.05. The average molecular weight is 143 g/mol. The fourth-order valence-corrected chi connectivity index (χ4v) is 0.962. The van der Waals surface area contributed by atoms with Gasteiger partial charge in [0.25, 0.3) is 0 Å². The average Bonchev–Trinajstić information content (AvgIpc) is 1.84. The molecule has 1 aliphatic heterocycles. The second-order valence-electron chi connectivity index (χ2n) is 2.82. The summed E-state index contributed by atoms with van der Waals surface area (Å²) in [6.07, 6.45) is 5.11. The largest absolute Gasteiger partial charge is 0.299 e. The Morgan fingerprint density at radius 3 is 2.60 bits per heavy atom. The van der Waals surface area contributed by atoms with Crippen LogP contribution in [0.5, 0.6) is 0 Å². The Bertz CT molecular complexity index is 81.3. The van der Waals surface area contributed by atoms with Crippen LogP contribution in [0.3, 0.4) is 0 Å². The third kappa shape index (κ3) is 2.67. The smallest absolute Gasteiger partial charge is 0.0685 e. The summed E-state index contributed by atoms with van der Waals surface area (Å²) in [5.74, 6) is 0. The molecule has 0 aromatic carbocycles. The summed E-state index contributed by atoms with van der Waals surface area (Å²) in [5.41, 5.74) is 0. The van der Waals surface area contributed by atoms with Crippen LogP contribution in [0.2, 0.25) is 0 Å². The molecule has 1 heterocycles. The minimum absolute atomic E-state index is 0.924. The topological polar surface area (TPSA) is 12.5 Å². The van der Waals surface area contributed by atoms with Crippen LogP contribution in [-0.2, 0) is 4.84 Å². The zero-order chi connectivity index (χ0) is 7.23. The second-order valence-corrected chi connectivity index (χ2v) is 2.82. The van der Waals surface area contributed by atoms with Crippen molar-refractivity contribution in [2.24, 2.45) is 0 Å². The molecule has 0 saturated carbocycles. The summed E-state index contributed by atoms with van der Waals surface area (Å²) in [7, 11) is 0. The number of nitrogens with zero attached hydrogens (tertiary/aromatic N) is 1. The lowest BCUT2D eigenvalue weighted by Crippen LogP contribution is -2.37. The molecule has 0 spiro atoms. The molecule has 0 N–H and O–H groups in total. The van der Waals surface area contributed by atoms with Gasteiger partial charge in [-0.3, -0.25) is 4.84 Å². The fourth-order valence-electron chi connectivity index (χ4n) is 0.962. The van der Waals surface area contributed by atoms with Gasteiger partial charge in [-0.05, 0) is 12.8 Å². The predicted molar refractivity (Wildman–Crippen MR) is 41.7 cm³/mol. The molecule has 0 aliphatic carbocycles. The molecule has 1 saturated heterocycles. The monoisotopic (exact) mass is 143 g/mol. The quantitative estimate of drug-likeness (QED) is 0.544. The maximum Gasteiger partial charge on any atom is 0.0685 e. The first kappa shape index (κ1) is 8.02. The molecule has 2 heteroatoms. The van der Waals surface area contributed by atoms with Crippen molar-refractivity contribution >= 4 is 0 Å². The van der Waals surface area contributed by atoms with E-state index in [-0.39, 0.29) is 0 Å². The number of hydrogen-bond acceptors (Lipinski definition) is 2. The Morgan fingerprint density at radius 2 is 2.10 bits per heavy atom. The van der Waals surface area contributed by atoms with Gasteiger partial charge in [-0.15, -0.1) is 0 Å². The lowest BCUT2D eigenvalue weighted by atomic mass is 10.3. The highest BCUT2D eigenvalue weighted by molar-refractivity contribution is 4.58. The third-order valence-corrected chi connectivity index (χ3v) is 1.84. The molecular formula is C8H17NO. The van der Waals surface area contributed by atoms with Crippen LogP contribution in [0, 0.1) is 0 Å². The normalized spacial score (nSPS) is 18.9. The Hall–Kier alpha value is -0.0800. The Labute approximate surface area is 63.1 Å². The van der Waals surface area contributed by atoms with Gasteiger partial charge < -0.3 is 0 Å². The summed E-state index contributed by atoms with van der Waals surface area (Å²) in [4.78, 5) is 5.41. The summed E-state index contributed by atoms with van der Waals surface area (Å²) in [6.45, 7) is 5.43. The van der Waals surface area contributed by atoms with Crippen molar-refractivity contribution in [1.29, 1.82) is 0 Å². The Kier molecular flexibility index (Phi) is 3.76. The molecule has 0 radical (unpaired) electrons. The van der Waals surface area contributed by atoms with Crippen molar-refractivity contribution < 1.29 is 4.84 Å². The van der Waals surface area contributed by atoms with Crippen molar-refractivity contribution in [2.45, 2.75) is 32.6 Å². The molecule has 10 heavy (non-hydrogen) atoms. The Balaban J connectivity index is 1.76. The van der Waals surface area contributed by atoms with Gasteiger partial charge >= 0.3 is 0 Å². The van der Waals surface area contributed by atoms with E-state index >= 15 is 0 Å². The molecule has 0 amide bonds. The van der Waals surface area contributed by atoms with Gasteiger partial charge in [-0.2, -0.15) is 5.06 Å². The van der Waals surface area contributed by atoms with E-state index in [2.05, 4.69) is 12.0 Å². The van der Waals surface area contributed by atoms with E-state index < -0.39 is 0 Å². The van der Waals surface area contributed by atoms with E-state index in [1.807, 2.05) is 0 Å². The number of hydrogen-bond donors (Lipinski definition) is 0. The minimum Gasteiger partial charge on any atom is -0.299 e. The van der Waals surface area contributed by atoms with Crippen LogP contribution in [-0.4, -0.2) is 24.8 Å². The lowest BCUT2D eigenvalue weighted by molar-refractivity contribution is -0.197. The summed E-state index contributed by atoms with van der Waals surface area (Å²) < 4.78 is 0. The van der Waals surface area contributed by atoms with E-state index in [1.54, 1.807) is 0 Å². The van der Waals surface area contributed by atoms with Gasteiger partial charge in [0.15, 0.2) is 0 Å². The highest BCUT2D eigenvalue weighted by Crippen LogP contribution is 2.06. The van der Waals surface area contributed by atoms with E-state index in [1.165, 1.54) is 25.7 Å². The van der Waals surface area contributed by atoms with Crippen LogP contribution in [0.1, 0.15) is 32.6 Å². The number of hydroxylamine groups is 2. The highest BCUT2D eigenvalue weighted by Gasteiger charge is 2.12. The van der Waals surface area contributed by atoms with Gasteiger partial charge in [0.05, 0.1) is 6.61 Å². The van der Waals surface area contributed by atoms with Crippen molar-refractivity contribution in [3.05, 3.63) is 0 Å². The molecule has 0 atom stereocenters. The van der Waals surface area contributed by atoms with Crippen LogP contribution in [0.15, 0.2) is 0 Å². The molecule has 2 nitrogen and oxygen atoms in total. The van der Waals surface area contributed by atoms with Crippen molar-refractivity contribution in [1.82, 2.24) is 5.06 Å². The first-order chi connectivity index (χ1) is 4.93. The molecule has 60 valence electrons. The maximum absolute atomic E-state index is 5.41. The zero-order valence-electron chi connectivity index (χ0n) is 6.81. The zero-order valence-corrected chi connectivity index (χ0v) is 6.81. The van der Waals surface area contributed by atoms with E-state index in [9.17, 15) is 0 Å². The molecule has 1 rings (SSSR count). The molecule has 0 bridgehead atoms. The van der Waals surface area contributed by atoms with E-state index in [4.69, 9.17) is 4.84 Å². The number of rotatable bonds is 5. The SMILES string of the molecule is CCCCCON1CCC1. The molecular weight excluding hydrogens is 126 g/mol. The summed E-state index contributed by atoms with van der Waals surface area (Å²) in [6, 6.07) is 0. The van der Waals surface area contributed by atoms with Crippen molar-refractivity contribution in [3.8, 4) is 0 Å². The van der Waals surface area contributed by atoms with Gasteiger partial charge in [0, 0.05) is 13.1 Å². The maximum atomic E-state index is 5.41. The van der Waals surface area contributed by atoms with Crippen molar-refractivity contribution in [3.63, 3.8) is 0 Å². The van der Waals surface area contributed by atoms with E-state index in [0.29, 0.717) is 0 Å². The van der Waals surface area contributed by atoms with Gasteiger partial charge in [-0.25, -0.2) is 0 Å². The summed E-state index contributed by atoms with van der Waals surface area (Å²) >= 11 is 0. The molecule has 0 unspecified atom stereocenters. The van der Waals surface area contributed by atoms with Gasteiger partial charge in [0.2, 0.25) is 0 Å². The standard InChI is InChI=1S/C8H17NO/c1-2-3-4-8-10-9-6-5-7-9/h2-8H2,1H3. The second kappa shape index (κ2) is 4.69. The molecule has 1 aliphatic rings. The van der Waals surface area contributed by atoms with Crippen molar-refractivity contribution in [2.75, 3.05) is 19.7 Å². The van der Waals surface area contributed by atoms with E-state index in [0.717, 1.165) is 19.7 Å². The Morgan fingerprint density at radius 1 is 1.30 bits per heavy atom. The molecule has 0 aromatic heterocycles. The predicted octanol–water partition coefficient (Wildman–Crippen LogP) is 1.81. The minimum atomic E-state index is 0.924. The molecule has 1 fully saturated rings. The fraction of sp³-hybridized carbons (Fsp3) is 1.00. The van der Waals surface area contributed by atoms with Crippen LogP contribution in [0.4, 0.5) is 0 Å². The highest BCUT2D eigenvalue weighted by atomic mass is 16.7. The molecule has 0 aromatic rings. The lowest BCUT2D eigenvalue weighted by Gasteiger charge is -2.29. The van der Waals surface area contributed by atoms with Crippen LogP contribution >= 0.6 is 0 Å². The van der Waals surface area contributed by atoms with Gasteiger partial charge in [-0.1, -0.05) is 19.8 Å². The third-order valence-electron chi connectivity index (χ3n) is 1.84.